The van der Waals surface area contributed by atoms with Gasteiger partial charge in [-0.2, -0.15) is 0 Å². The van der Waals surface area contributed by atoms with Gasteiger partial charge in [0.2, 0.25) is 0 Å². The molecule has 2 aromatic carbocycles. The van der Waals surface area contributed by atoms with Crippen LogP contribution in [-0.4, -0.2) is 5.97 Å². The van der Waals surface area contributed by atoms with Crippen LogP contribution in [0.15, 0.2) is 54.6 Å². The zero-order chi connectivity index (χ0) is 14.6. The molecular weight excluding hydrogens is 279 g/mol. The zero-order valence-corrected chi connectivity index (χ0v) is 11.6. The summed E-state index contributed by atoms with van der Waals surface area (Å²) in [6, 6.07) is 14.2. The van der Waals surface area contributed by atoms with Crippen LogP contribution >= 0.6 is 7.82 Å². The standard InChI is InChI=1S/C14H13O5P/c1-11-7-9-12(10-8-11)14(15)19-20(16,17)18-13-5-3-2-4-6-13/h2-10H,1H3,(H,16,17)/p-1. The van der Waals surface area contributed by atoms with Crippen LogP contribution in [0.2, 0.25) is 0 Å². The third-order valence-corrected chi connectivity index (χ3v) is 3.27. The Kier molecular flexibility index (Phi) is 4.23. The highest BCUT2D eigenvalue weighted by Crippen LogP contribution is 2.40. The Bertz CT molecular complexity index is 636. The number of carbonyl (C=O) groups is 1. The van der Waals surface area contributed by atoms with Crippen LogP contribution in [0.1, 0.15) is 15.9 Å². The van der Waals surface area contributed by atoms with Crippen molar-refractivity contribution in [3.05, 3.63) is 65.7 Å². The average molecular weight is 291 g/mol. The SMILES string of the molecule is Cc1ccc(C(=O)OP(=O)([O-])Oc2ccccc2)cc1. The Hall–Kier alpha value is -2.10. The number of hydrogen-bond donors (Lipinski definition) is 0. The fourth-order valence-electron chi connectivity index (χ4n) is 1.47. The van der Waals surface area contributed by atoms with E-state index >= 15 is 0 Å². The second-order valence-corrected chi connectivity index (χ2v) is 5.36. The summed E-state index contributed by atoms with van der Waals surface area (Å²) in [5.74, 6) is -0.887. The molecule has 0 saturated heterocycles. The van der Waals surface area contributed by atoms with Crippen molar-refractivity contribution in [3.63, 3.8) is 0 Å². The first-order chi connectivity index (χ1) is 9.46. The van der Waals surface area contributed by atoms with Crippen molar-refractivity contribution in [1.29, 1.82) is 0 Å². The number of hydrogen-bond acceptors (Lipinski definition) is 5. The first-order valence-electron chi connectivity index (χ1n) is 5.82. The number of para-hydroxylation sites is 1. The van der Waals surface area contributed by atoms with Crippen molar-refractivity contribution in [3.8, 4) is 5.75 Å². The van der Waals surface area contributed by atoms with E-state index in [-0.39, 0.29) is 11.3 Å². The Morgan fingerprint density at radius 1 is 1.05 bits per heavy atom. The summed E-state index contributed by atoms with van der Waals surface area (Å²) in [4.78, 5) is 23.3. The fraction of sp³-hybridized carbons (Fsp3) is 0.0714. The summed E-state index contributed by atoms with van der Waals surface area (Å²) in [6.45, 7) is 1.85. The van der Waals surface area contributed by atoms with E-state index in [9.17, 15) is 14.3 Å². The number of phosphoric ester groups is 1. The molecule has 0 spiro atoms. The molecular formula is C14H12O5P-. The van der Waals surface area contributed by atoms with Crippen molar-refractivity contribution in [2.75, 3.05) is 0 Å². The molecule has 0 aliphatic carbocycles. The van der Waals surface area contributed by atoms with Crippen molar-refractivity contribution in [1.82, 2.24) is 0 Å². The van der Waals surface area contributed by atoms with Crippen molar-refractivity contribution < 1.29 is 23.3 Å². The summed E-state index contributed by atoms with van der Waals surface area (Å²) >= 11 is 0. The molecule has 6 heteroatoms. The number of carbonyl (C=O) groups excluding carboxylic acids is 1. The van der Waals surface area contributed by atoms with Gasteiger partial charge >= 0.3 is 13.8 Å². The van der Waals surface area contributed by atoms with E-state index in [1.54, 1.807) is 30.3 Å². The highest BCUT2D eigenvalue weighted by atomic mass is 31.2. The van der Waals surface area contributed by atoms with Gasteiger partial charge in [0, 0.05) is 0 Å². The lowest BCUT2D eigenvalue weighted by Crippen LogP contribution is -2.15. The largest absolute Gasteiger partial charge is 0.736 e. The van der Waals surface area contributed by atoms with Crippen LogP contribution in [0.3, 0.4) is 0 Å². The molecule has 1 unspecified atom stereocenters. The maximum Gasteiger partial charge on any atom is 0.374 e. The van der Waals surface area contributed by atoms with E-state index in [2.05, 4.69) is 9.05 Å². The predicted molar refractivity (Wildman–Crippen MR) is 71.3 cm³/mol. The third-order valence-electron chi connectivity index (χ3n) is 2.44. The van der Waals surface area contributed by atoms with Gasteiger partial charge in [-0.15, -0.1) is 0 Å². The van der Waals surface area contributed by atoms with E-state index in [0.29, 0.717) is 0 Å². The van der Waals surface area contributed by atoms with Crippen molar-refractivity contribution in [2.24, 2.45) is 0 Å². The van der Waals surface area contributed by atoms with E-state index in [1.165, 1.54) is 24.3 Å². The molecule has 20 heavy (non-hydrogen) atoms. The molecule has 0 aromatic heterocycles. The van der Waals surface area contributed by atoms with E-state index in [4.69, 9.17) is 0 Å². The van der Waals surface area contributed by atoms with Crippen LogP contribution in [0.5, 0.6) is 5.75 Å². The molecule has 0 N–H and O–H groups in total. The Balaban J connectivity index is 2.06. The normalized spacial score (nSPS) is 13.3. The molecule has 0 fully saturated rings. The summed E-state index contributed by atoms with van der Waals surface area (Å²) in [6.07, 6.45) is 0. The molecule has 5 nitrogen and oxygen atoms in total. The first kappa shape index (κ1) is 14.3. The van der Waals surface area contributed by atoms with Gasteiger partial charge in [-0.25, -0.2) is 9.36 Å². The molecule has 0 saturated carbocycles. The van der Waals surface area contributed by atoms with Crippen LogP contribution in [-0.2, 0) is 9.09 Å². The highest BCUT2D eigenvalue weighted by molar-refractivity contribution is 7.47. The van der Waals surface area contributed by atoms with Crippen molar-refractivity contribution >= 4 is 13.8 Å². The Morgan fingerprint density at radius 2 is 1.65 bits per heavy atom. The van der Waals surface area contributed by atoms with Crippen LogP contribution in [0.4, 0.5) is 0 Å². The van der Waals surface area contributed by atoms with Gasteiger partial charge in [0.25, 0.3) is 0 Å². The van der Waals surface area contributed by atoms with E-state index in [0.717, 1.165) is 5.56 Å². The first-order valence-corrected chi connectivity index (χ1v) is 7.29. The quantitative estimate of drug-likeness (QED) is 0.809. The summed E-state index contributed by atoms with van der Waals surface area (Å²) in [7, 11) is -4.75. The third kappa shape index (κ3) is 3.95. The number of rotatable bonds is 4. The number of phosphoric acid groups is 1. The molecule has 2 aromatic rings. The van der Waals surface area contributed by atoms with E-state index < -0.39 is 13.8 Å². The zero-order valence-electron chi connectivity index (χ0n) is 10.7. The Labute approximate surface area is 116 Å². The molecule has 2 rings (SSSR count). The molecule has 0 heterocycles. The smallest absolute Gasteiger partial charge is 0.374 e. The molecule has 0 bridgehead atoms. The molecule has 1 atom stereocenters. The van der Waals surface area contributed by atoms with Gasteiger partial charge in [-0.3, -0.25) is 0 Å². The number of aryl methyl sites for hydroxylation is 1. The lowest BCUT2D eigenvalue weighted by Gasteiger charge is -2.22. The molecule has 0 aliphatic heterocycles. The monoisotopic (exact) mass is 291 g/mol. The second-order valence-electron chi connectivity index (χ2n) is 4.10. The van der Waals surface area contributed by atoms with Gasteiger partial charge in [0.05, 0.1) is 5.56 Å². The van der Waals surface area contributed by atoms with E-state index in [1.807, 2.05) is 6.92 Å². The average Bonchev–Trinajstić information content (AvgIpc) is 2.39. The predicted octanol–water partition coefficient (Wildman–Crippen LogP) is 2.70. The van der Waals surface area contributed by atoms with Crippen LogP contribution in [0, 0.1) is 6.92 Å². The summed E-state index contributed by atoms with van der Waals surface area (Å²) in [5.41, 5.74) is 1.09. The molecule has 0 radical (unpaired) electrons. The maximum absolute atomic E-state index is 11.7. The lowest BCUT2D eigenvalue weighted by atomic mass is 10.2. The number of benzene rings is 2. The highest BCUT2D eigenvalue weighted by Gasteiger charge is 2.18. The second kappa shape index (κ2) is 5.90. The lowest BCUT2D eigenvalue weighted by molar-refractivity contribution is -0.211. The summed E-state index contributed by atoms with van der Waals surface area (Å²) in [5, 5.41) is 0. The van der Waals surface area contributed by atoms with Gasteiger partial charge in [0.1, 0.15) is 5.75 Å². The molecule has 0 aliphatic rings. The molecule has 104 valence electrons. The topological polar surface area (TPSA) is 75.7 Å². The fourth-order valence-corrected chi connectivity index (χ4v) is 2.20. The summed E-state index contributed by atoms with van der Waals surface area (Å²) < 4.78 is 20.7. The maximum atomic E-state index is 11.7. The molecule has 0 amide bonds. The van der Waals surface area contributed by atoms with Crippen LogP contribution < -0.4 is 9.42 Å². The minimum Gasteiger partial charge on any atom is -0.736 e. The minimum atomic E-state index is -4.75. The van der Waals surface area contributed by atoms with Gasteiger partial charge in [-0.05, 0) is 31.2 Å². The van der Waals surface area contributed by atoms with Gasteiger partial charge < -0.3 is 13.9 Å². The Morgan fingerprint density at radius 3 is 2.25 bits per heavy atom. The minimum absolute atomic E-state index is 0.0857. The van der Waals surface area contributed by atoms with Gasteiger partial charge in [0.15, 0.2) is 0 Å². The van der Waals surface area contributed by atoms with Gasteiger partial charge in [-0.1, -0.05) is 35.9 Å². The van der Waals surface area contributed by atoms with Crippen LogP contribution in [0.25, 0.3) is 0 Å². The van der Waals surface area contributed by atoms with Crippen molar-refractivity contribution in [2.45, 2.75) is 6.92 Å².